The van der Waals surface area contributed by atoms with Gasteiger partial charge in [-0.25, -0.2) is 0 Å². The summed E-state index contributed by atoms with van der Waals surface area (Å²) in [6, 6.07) is 3.45. The molecule has 0 aliphatic carbocycles. The molecule has 1 unspecified atom stereocenters. The second-order valence-corrected chi connectivity index (χ2v) is 5.69. The van der Waals surface area contributed by atoms with Crippen molar-refractivity contribution < 1.29 is 0 Å². The van der Waals surface area contributed by atoms with Crippen molar-refractivity contribution in [2.45, 2.75) is 84.7 Å². The van der Waals surface area contributed by atoms with Crippen molar-refractivity contribution in [3.63, 3.8) is 0 Å². The predicted octanol–water partition coefficient (Wildman–Crippen LogP) is 4.35. The number of rotatable bonds is 11. The number of hydrogen-bond acceptors (Lipinski definition) is 2. The molecular weight excluding hydrogens is 246 g/mol. The van der Waals surface area contributed by atoms with Crippen molar-refractivity contribution in [1.29, 1.82) is 0 Å². The highest BCUT2D eigenvalue weighted by atomic mass is 15.3. The highest BCUT2D eigenvalue weighted by molar-refractivity contribution is 5.00. The lowest BCUT2D eigenvalue weighted by Gasteiger charge is -2.16. The molecule has 0 aliphatic rings. The van der Waals surface area contributed by atoms with Crippen LogP contribution >= 0.6 is 0 Å². The van der Waals surface area contributed by atoms with Crippen LogP contribution < -0.4 is 5.32 Å². The molecule has 3 nitrogen and oxygen atoms in total. The van der Waals surface area contributed by atoms with Gasteiger partial charge >= 0.3 is 0 Å². The third kappa shape index (κ3) is 5.66. The van der Waals surface area contributed by atoms with E-state index in [1.54, 1.807) is 0 Å². The van der Waals surface area contributed by atoms with E-state index in [0.717, 1.165) is 25.8 Å². The average Bonchev–Trinajstić information content (AvgIpc) is 2.89. The van der Waals surface area contributed by atoms with E-state index >= 15 is 0 Å². The minimum atomic E-state index is 0.568. The van der Waals surface area contributed by atoms with E-state index in [0.29, 0.717) is 12.1 Å². The Kier molecular flexibility index (Phi) is 8.59. The monoisotopic (exact) mass is 279 g/mol. The summed E-state index contributed by atoms with van der Waals surface area (Å²) in [4.78, 5) is 0. The van der Waals surface area contributed by atoms with Crippen LogP contribution in [0.2, 0.25) is 0 Å². The van der Waals surface area contributed by atoms with Gasteiger partial charge in [0.15, 0.2) is 0 Å². The molecule has 0 aliphatic heterocycles. The lowest BCUT2D eigenvalue weighted by Crippen LogP contribution is -2.28. The van der Waals surface area contributed by atoms with Crippen LogP contribution in [0.4, 0.5) is 0 Å². The van der Waals surface area contributed by atoms with Crippen LogP contribution in [0.1, 0.15) is 78.0 Å². The summed E-state index contributed by atoms with van der Waals surface area (Å²) >= 11 is 0. The van der Waals surface area contributed by atoms with Crippen molar-refractivity contribution >= 4 is 0 Å². The largest absolute Gasteiger partial charge is 0.314 e. The molecule has 0 amide bonds. The van der Waals surface area contributed by atoms with Crippen LogP contribution in [0.15, 0.2) is 12.3 Å². The quantitative estimate of drug-likeness (QED) is 0.653. The van der Waals surface area contributed by atoms with E-state index in [-0.39, 0.29) is 0 Å². The van der Waals surface area contributed by atoms with E-state index in [9.17, 15) is 0 Å². The molecule has 1 heterocycles. The Morgan fingerprint density at radius 2 is 1.90 bits per heavy atom. The van der Waals surface area contributed by atoms with E-state index < -0.39 is 0 Å². The van der Waals surface area contributed by atoms with Crippen molar-refractivity contribution in [3.05, 3.63) is 18.0 Å². The van der Waals surface area contributed by atoms with Gasteiger partial charge in [0.25, 0.3) is 0 Å². The van der Waals surface area contributed by atoms with Crippen LogP contribution in [0.5, 0.6) is 0 Å². The lowest BCUT2D eigenvalue weighted by atomic mass is 10.0. The summed E-state index contributed by atoms with van der Waals surface area (Å²) in [5.41, 5.74) is 1.25. The molecule has 1 aromatic heterocycles. The molecule has 1 atom stereocenters. The van der Waals surface area contributed by atoms with Crippen LogP contribution in [0.3, 0.4) is 0 Å². The summed E-state index contributed by atoms with van der Waals surface area (Å²) in [5.74, 6) is 0. The molecule has 0 aromatic carbocycles. The minimum Gasteiger partial charge on any atom is -0.314 e. The van der Waals surface area contributed by atoms with Crippen LogP contribution in [0.25, 0.3) is 0 Å². The molecule has 0 bridgehead atoms. The third-order valence-corrected chi connectivity index (χ3v) is 4.10. The van der Waals surface area contributed by atoms with Crippen molar-refractivity contribution in [1.82, 2.24) is 15.1 Å². The maximum atomic E-state index is 4.74. The molecule has 1 N–H and O–H groups in total. The van der Waals surface area contributed by atoms with E-state index in [2.05, 4.69) is 50.0 Å². The Balaban J connectivity index is 2.37. The first kappa shape index (κ1) is 17.2. The van der Waals surface area contributed by atoms with Gasteiger partial charge in [-0.05, 0) is 51.1 Å². The second-order valence-electron chi connectivity index (χ2n) is 5.69. The molecule has 20 heavy (non-hydrogen) atoms. The third-order valence-electron chi connectivity index (χ3n) is 4.10. The van der Waals surface area contributed by atoms with Crippen LogP contribution in [-0.4, -0.2) is 22.4 Å². The fraction of sp³-hybridized carbons (Fsp3) is 0.824. The van der Waals surface area contributed by atoms with E-state index in [1.165, 1.54) is 31.4 Å². The van der Waals surface area contributed by atoms with Gasteiger partial charge in [0, 0.05) is 12.2 Å². The molecule has 1 aromatic rings. The fourth-order valence-electron chi connectivity index (χ4n) is 2.89. The normalized spacial score (nSPS) is 13.1. The minimum absolute atomic E-state index is 0.568. The number of nitrogens with one attached hydrogen (secondary N) is 1. The summed E-state index contributed by atoms with van der Waals surface area (Å²) < 4.78 is 2.16. The molecule has 0 spiro atoms. The Bertz CT molecular complexity index is 336. The van der Waals surface area contributed by atoms with Crippen molar-refractivity contribution in [2.24, 2.45) is 0 Å². The van der Waals surface area contributed by atoms with Gasteiger partial charge in [-0.1, -0.05) is 34.1 Å². The molecule has 116 valence electrons. The molecular formula is C17H33N3. The van der Waals surface area contributed by atoms with Gasteiger partial charge in [-0.15, -0.1) is 0 Å². The summed E-state index contributed by atoms with van der Waals surface area (Å²) in [5, 5.41) is 8.32. The fourth-order valence-corrected chi connectivity index (χ4v) is 2.89. The van der Waals surface area contributed by atoms with Gasteiger partial charge < -0.3 is 5.32 Å². The van der Waals surface area contributed by atoms with Crippen LogP contribution in [0, 0.1) is 0 Å². The first-order valence-electron chi connectivity index (χ1n) is 8.52. The zero-order valence-electron chi connectivity index (χ0n) is 13.9. The molecule has 3 heteroatoms. The number of aromatic nitrogens is 2. The van der Waals surface area contributed by atoms with Gasteiger partial charge in [0.05, 0.1) is 11.7 Å². The maximum absolute atomic E-state index is 4.74. The summed E-state index contributed by atoms with van der Waals surface area (Å²) in [6.45, 7) is 10.0. The Labute approximate surface area is 125 Å². The smallest absolute Gasteiger partial charge is 0.0624 e. The molecule has 1 rings (SSSR count). The van der Waals surface area contributed by atoms with Crippen LogP contribution in [-0.2, 0) is 6.42 Å². The highest BCUT2D eigenvalue weighted by Crippen LogP contribution is 2.15. The van der Waals surface area contributed by atoms with E-state index in [1.807, 2.05) is 0 Å². The van der Waals surface area contributed by atoms with Gasteiger partial charge in [0.2, 0.25) is 0 Å². The topological polar surface area (TPSA) is 29.9 Å². The Morgan fingerprint density at radius 3 is 2.50 bits per heavy atom. The summed E-state index contributed by atoms with van der Waals surface area (Å²) in [7, 11) is 0. The molecule has 0 saturated carbocycles. The zero-order chi connectivity index (χ0) is 14.8. The van der Waals surface area contributed by atoms with E-state index in [4.69, 9.17) is 5.10 Å². The van der Waals surface area contributed by atoms with Gasteiger partial charge in [0.1, 0.15) is 0 Å². The standard InChI is InChI=1S/C17H33N3/c1-5-10-15(18-8-4)11-9-12-16-13-14-20(19-16)17(6-2)7-3/h13-15,17-18H,5-12H2,1-4H3. The Morgan fingerprint density at radius 1 is 1.15 bits per heavy atom. The second kappa shape index (κ2) is 9.98. The van der Waals surface area contributed by atoms with Gasteiger partial charge in [-0.2, -0.15) is 5.10 Å². The molecule has 0 radical (unpaired) electrons. The van der Waals surface area contributed by atoms with Gasteiger partial charge in [-0.3, -0.25) is 4.68 Å². The molecule has 0 fully saturated rings. The number of nitrogens with zero attached hydrogens (tertiary/aromatic N) is 2. The first-order valence-corrected chi connectivity index (χ1v) is 8.52. The average molecular weight is 279 g/mol. The predicted molar refractivity (Wildman–Crippen MR) is 87.2 cm³/mol. The number of aryl methyl sites for hydroxylation is 1. The SMILES string of the molecule is CCCC(CCCc1ccn(C(CC)CC)n1)NCC. The lowest BCUT2D eigenvalue weighted by molar-refractivity contribution is 0.421. The number of hydrogen-bond donors (Lipinski definition) is 1. The maximum Gasteiger partial charge on any atom is 0.0624 e. The first-order chi connectivity index (χ1) is 9.74. The zero-order valence-corrected chi connectivity index (χ0v) is 13.9. The Hall–Kier alpha value is -0.830. The molecule has 0 saturated heterocycles. The van der Waals surface area contributed by atoms with Crippen molar-refractivity contribution in [2.75, 3.05) is 6.54 Å². The van der Waals surface area contributed by atoms with Crippen molar-refractivity contribution in [3.8, 4) is 0 Å². The highest BCUT2D eigenvalue weighted by Gasteiger charge is 2.09. The summed E-state index contributed by atoms with van der Waals surface area (Å²) in [6.07, 6.45) is 10.6.